The van der Waals surface area contributed by atoms with E-state index in [1.807, 2.05) is 0 Å². The molecular formula is C4H9ClFN. The van der Waals surface area contributed by atoms with E-state index in [0.717, 1.165) is 6.42 Å². The number of halogens is 2. The van der Waals surface area contributed by atoms with Crippen molar-refractivity contribution in [2.75, 3.05) is 7.05 Å². The van der Waals surface area contributed by atoms with Crippen molar-refractivity contribution >= 4 is 12.4 Å². The van der Waals surface area contributed by atoms with Crippen molar-refractivity contribution in [2.24, 2.45) is 0 Å². The van der Waals surface area contributed by atoms with E-state index >= 15 is 0 Å². The van der Waals surface area contributed by atoms with Gasteiger partial charge in [0.2, 0.25) is 0 Å². The number of rotatable bonds is 1. The van der Waals surface area contributed by atoms with Crippen LogP contribution in [0.25, 0.3) is 0 Å². The van der Waals surface area contributed by atoms with Crippen LogP contribution in [0.1, 0.15) is 6.42 Å². The molecule has 0 aliphatic heterocycles. The smallest absolute Gasteiger partial charge is 0.117 e. The van der Waals surface area contributed by atoms with Crippen LogP contribution in [0.2, 0.25) is 0 Å². The molecule has 0 aromatic rings. The second-order valence-electron chi connectivity index (χ2n) is 1.65. The van der Waals surface area contributed by atoms with E-state index < -0.39 is 6.17 Å². The van der Waals surface area contributed by atoms with Gasteiger partial charge in [0.25, 0.3) is 0 Å². The Hall–Kier alpha value is 0.180. The van der Waals surface area contributed by atoms with Crippen LogP contribution < -0.4 is 5.32 Å². The van der Waals surface area contributed by atoms with E-state index in [1.54, 1.807) is 7.05 Å². The Kier molecular flexibility index (Phi) is 2.54. The Morgan fingerprint density at radius 1 is 1.71 bits per heavy atom. The van der Waals surface area contributed by atoms with E-state index in [2.05, 4.69) is 5.32 Å². The van der Waals surface area contributed by atoms with Gasteiger partial charge in [0.15, 0.2) is 0 Å². The lowest BCUT2D eigenvalue weighted by molar-refractivity contribution is 0.455. The molecule has 1 aliphatic rings. The van der Waals surface area contributed by atoms with Gasteiger partial charge in [0.1, 0.15) is 6.17 Å². The predicted molar refractivity (Wildman–Crippen MR) is 29.6 cm³/mol. The molecule has 44 valence electrons. The molecule has 2 unspecified atom stereocenters. The minimum absolute atomic E-state index is 0. The molecule has 1 N–H and O–H groups in total. The standard InChI is InChI=1S/C4H8FN.ClH/c1-6-4-2-3(4)5;/h3-4,6H,2H2,1H3;1H. The molecule has 1 aliphatic carbocycles. The SMILES string of the molecule is CNC1CC1F.Cl. The molecule has 0 bridgehead atoms. The molecule has 7 heavy (non-hydrogen) atoms. The minimum Gasteiger partial charge on any atom is -0.314 e. The highest BCUT2D eigenvalue weighted by Gasteiger charge is 2.35. The van der Waals surface area contributed by atoms with E-state index in [1.165, 1.54) is 0 Å². The van der Waals surface area contributed by atoms with Crippen molar-refractivity contribution in [3.05, 3.63) is 0 Å². The number of nitrogens with one attached hydrogen (secondary N) is 1. The summed E-state index contributed by atoms with van der Waals surface area (Å²) in [5.41, 5.74) is 0. The highest BCUT2D eigenvalue weighted by atomic mass is 35.5. The summed E-state index contributed by atoms with van der Waals surface area (Å²) in [5, 5.41) is 2.81. The Balaban J connectivity index is 0.000000360. The van der Waals surface area contributed by atoms with E-state index in [-0.39, 0.29) is 18.4 Å². The zero-order valence-electron chi connectivity index (χ0n) is 4.15. The highest BCUT2D eigenvalue weighted by molar-refractivity contribution is 5.85. The fourth-order valence-corrected chi connectivity index (χ4v) is 0.463. The molecule has 0 saturated heterocycles. The molecule has 0 amide bonds. The molecule has 0 aromatic heterocycles. The van der Waals surface area contributed by atoms with Gasteiger partial charge in [-0.1, -0.05) is 0 Å². The van der Waals surface area contributed by atoms with Crippen molar-refractivity contribution in [3.8, 4) is 0 Å². The average molecular weight is 126 g/mol. The Bertz CT molecular complexity index is 57.7. The topological polar surface area (TPSA) is 12.0 Å². The third-order valence-corrected chi connectivity index (χ3v) is 1.08. The van der Waals surface area contributed by atoms with Crippen LogP contribution in [0.3, 0.4) is 0 Å². The Morgan fingerprint density at radius 2 is 2.14 bits per heavy atom. The molecule has 1 fully saturated rings. The van der Waals surface area contributed by atoms with Crippen molar-refractivity contribution < 1.29 is 4.39 Å². The minimum atomic E-state index is -0.546. The lowest BCUT2D eigenvalue weighted by Crippen LogP contribution is -2.10. The third kappa shape index (κ3) is 1.61. The van der Waals surface area contributed by atoms with Gasteiger partial charge in [-0.2, -0.15) is 0 Å². The van der Waals surface area contributed by atoms with Gasteiger partial charge in [0.05, 0.1) is 0 Å². The fraction of sp³-hybridized carbons (Fsp3) is 1.00. The van der Waals surface area contributed by atoms with Crippen LogP contribution in [0.4, 0.5) is 4.39 Å². The Morgan fingerprint density at radius 3 is 2.14 bits per heavy atom. The largest absolute Gasteiger partial charge is 0.314 e. The maximum Gasteiger partial charge on any atom is 0.117 e. The van der Waals surface area contributed by atoms with Crippen molar-refractivity contribution in [1.82, 2.24) is 5.32 Å². The summed E-state index contributed by atoms with van der Waals surface area (Å²) < 4.78 is 11.7. The van der Waals surface area contributed by atoms with Gasteiger partial charge in [0, 0.05) is 6.04 Å². The second kappa shape index (κ2) is 2.48. The zero-order valence-corrected chi connectivity index (χ0v) is 4.96. The maximum atomic E-state index is 11.7. The molecule has 1 rings (SSSR count). The van der Waals surface area contributed by atoms with E-state index in [4.69, 9.17) is 0 Å². The van der Waals surface area contributed by atoms with Crippen LogP contribution in [0.15, 0.2) is 0 Å². The van der Waals surface area contributed by atoms with Gasteiger partial charge < -0.3 is 5.32 Å². The summed E-state index contributed by atoms with van der Waals surface area (Å²) in [5.74, 6) is 0. The van der Waals surface area contributed by atoms with Crippen molar-refractivity contribution in [1.29, 1.82) is 0 Å². The molecule has 1 saturated carbocycles. The molecule has 0 radical (unpaired) electrons. The molecular weight excluding hydrogens is 117 g/mol. The molecule has 0 aromatic carbocycles. The molecule has 1 nitrogen and oxygen atoms in total. The van der Waals surface area contributed by atoms with Crippen molar-refractivity contribution in [2.45, 2.75) is 18.6 Å². The lowest BCUT2D eigenvalue weighted by atomic mass is 10.7. The Labute approximate surface area is 48.7 Å². The summed E-state index contributed by atoms with van der Waals surface area (Å²) in [4.78, 5) is 0. The van der Waals surface area contributed by atoms with Crippen LogP contribution in [0, 0.1) is 0 Å². The van der Waals surface area contributed by atoms with Gasteiger partial charge >= 0.3 is 0 Å². The summed E-state index contributed by atoms with van der Waals surface area (Å²) in [6, 6.07) is 0.185. The van der Waals surface area contributed by atoms with E-state index in [9.17, 15) is 4.39 Å². The number of hydrogen-bond acceptors (Lipinski definition) is 1. The highest BCUT2D eigenvalue weighted by Crippen LogP contribution is 2.23. The quantitative estimate of drug-likeness (QED) is 0.545. The average Bonchev–Trinajstić information content (AvgIpc) is 2.19. The summed E-state index contributed by atoms with van der Waals surface area (Å²) in [6.45, 7) is 0. The first-order chi connectivity index (χ1) is 2.84. The van der Waals surface area contributed by atoms with Gasteiger partial charge in [-0.15, -0.1) is 12.4 Å². The first-order valence-corrected chi connectivity index (χ1v) is 2.16. The van der Waals surface area contributed by atoms with Crippen LogP contribution in [-0.4, -0.2) is 19.3 Å². The number of hydrogen-bond donors (Lipinski definition) is 1. The van der Waals surface area contributed by atoms with Gasteiger partial charge in [-0.05, 0) is 13.5 Å². The van der Waals surface area contributed by atoms with Crippen LogP contribution in [0.5, 0.6) is 0 Å². The summed E-state index contributed by atoms with van der Waals surface area (Å²) in [7, 11) is 1.78. The van der Waals surface area contributed by atoms with Gasteiger partial charge in [-0.3, -0.25) is 0 Å². The zero-order chi connectivity index (χ0) is 4.57. The third-order valence-electron chi connectivity index (χ3n) is 1.08. The maximum absolute atomic E-state index is 11.7. The number of alkyl halides is 1. The van der Waals surface area contributed by atoms with E-state index in [0.29, 0.717) is 0 Å². The van der Waals surface area contributed by atoms with Crippen LogP contribution >= 0.6 is 12.4 Å². The van der Waals surface area contributed by atoms with Crippen LogP contribution in [-0.2, 0) is 0 Å². The molecule has 0 spiro atoms. The monoisotopic (exact) mass is 125 g/mol. The summed E-state index contributed by atoms with van der Waals surface area (Å²) in [6.07, 6.45) is 0.172. The molecule has 0 heterocycles. The second-order valence-corrected chi connectivity index (χ2v) is 1.65. The van der Waals surface area contributed by atoms with Gasteiger partial charge in [-0.25, -0.2) is 4.39 Å². The predicted octanol–water partition coefficient (Wildman–Crippen LogP) is 0.738. The summed E-state index contributed by atoms with van der Waals surface area (Å²) >= 11 is 0. The first-order valence-electron chi connectivity index (χ1n) is 2.16. The fourth-order valence-electron chi connectivity index (χ4n) is 0.463. The van der Waals surface area contributed by atoms with Crippen molar-refractivity contribution in [3.63, 3.8) is 0 Å². The molecule has 3 heteroatoms. The lowest BCUT2D eigenvalue weighted by Gasteiger charge is -1.82. The normalized spacial score (nSPS) is 36.9. The molecule has 2 atom stereocenters. The first kappa shape index (κ1) is 7.18.